The van der Waals surface area contributed by atoms with Gasteiger partial charge in [0, 0.05) is 18.4 Å². The normalized spacial score (nSPS) is 12.9. The van der Waals surface area contributed by atoms with Crippen LogP contribution in [0.15, 0.2) is 30.3 Å². The molecule has 0 aliphatic carbocycles. The van der Waals surface area contributed by atoms with Gasteiger partial charge in [0.05, 0.1) is 7.43 Å². The molecule has 0 saturated heterocycles. The molecule has 1 aromatic rings. The van der Waals surface area contributed by atoms with Crippen LogP contribution in [0, 0.1) is 0 Å². The Bertz CT molecular complexity index is 284. The molecule has 0 N–H and O–H groups in total. The lowest BCUT2D eigenvalue weighted by Gasteiger charge is -2.26. The highest BCUT2D eigenvalue weighted by atomic mass is 35.7. The SMILES string of the molecule is CCCCN(CCCC)P(Cl)c1ccccc1. The molecule has 0 aromatic heterocycles. The fraction of sp³-hybridized carbons (Fsp3) is 0.571. The largest absolute Gasteiger partial charge is 0.266 e. The molecule has 3 heteroatoms. The zero-order valence-corrected chi connectivity index (χ0v) is 12.6. The monoisotopic (exact) mass is 271 g/mol. The Morgan fingerprint density at radius 2 is 1.53 bits per heavy atom. The van der Waals surface area contributed by atoms with Crippen molar-refractivity contribution in [3.63, 3.8) is 0 Å². The van der Waals surface area contributed by atoms with Crippen LogP contribution in [0.4, 0.5) is 0 Å². The van der Waals surface area contributed by atoms with Gasteiger partial charge in [-0.2, -0.15) is 0 Å². The first-order chi connectivity index (χ1) is 8.29. The van der Waals surface area contributed by atoms with Crippen molar-refractivity contribution in [2.45, 2.75) is 39.5 Å². The molecular formula is C14H23ClNP. The highest BCUT2D eigenvalue weighted by Gasteiger charge is 2.16. The summed E-state index contributed by atoms with van der Waals surface area (Å²) in [5.41, 5.74) is 0. The molecule has 0 saturated carbocycles. The van der Waals surface area contributed by atoms with Crippen molar-refractivity contribution in [1.29, 1.82) is 0 Å². The van der Waals surface area contributed by atoms with Gasteiger partial charge in [0.2, 0.25) is 0 Å². The van der Waals surface area contributed by atoms with Crippen molar-refractivity contribution in [3.8, 4) is 0 Å². The molecule has 0 spiro atoms. The summed E-state index contributed by atoms with van der Waals surface area (Å²) in [5, 5.41) is 1.27. The molecule has 0 amide bonds. The van der Waals surface area contributed by atoms with Gasteiger partial charge in [-0.05, 0) is 12.8 Å². The number of halogens is 1. The Hall–Kier alpha value is -0.100. The molecule has 0 radical (unpaired) electrons. The standard InChI is InChI=1S/C14H23ClNP/c1-3-5-12-16(13-6-4-2)17(15)14-10-8-7-9-11-14/h7-11H,3-6,12-13H2,1-2H3. The van der Waals surface area contributed by atoms with Crippen LogP contribution in [0.2, 0.25) is 0 Å². The highest BCUT2D eigenvalue weighted by molar-refractivity contribution is 7.88. The first-order valence-corrected chi connectivity index (χ1v) is 8.75. The fourth-order valence-corrected chi connectivity index (χ4v) is 3.85. The molecule has 1 nitrogen and oxygen atoms in total. The number of hydrogen-bond donors (Lipinski definition) is 0. The van der Waals surface area contributed by atoms with Crippen LogP contribution in [0.5, 0.6) is 0 Å². The third-order valence-corrected chi connectivity index (χ3v) is 5.61. The lowest BCUT2D eigenvalue weighted by Crippen LogP contribution is -2.23. The lowest BCUT2D eigenvalue weighted by atomic mass is 10.3. The van der Waals surface area contributed by atoms with E-state index in [-0.39, 0.29) is 0 Å². The van der Waals surface area contributed by atoms with E-state index in [4.69, 9.17) is 11.2 Å². The summed E-state index contributed by atoms with van der Waals surface area (Å²) in [6, 6.07) is 10.5. The molecule has 0 aliphatic heterocycles. The molecule has 1 aromatic carbocycles. The second-order valence-corrected chi connectivity index (χ2v) is 6.82. The maximum atomic E-state index is 6.63. The van der Waals surface area contributed by atoms with E-state index in [0.29, 0.717) is 0 Å². The van der Waals surface area contributed by atoms with Crippen molar-refractivity contribution in [3.05, 3.63) is 30.3 Å². The minimum absolute atomic E-state index is 0.657. The Morgan fingerprint density at radius 1 is 1.00 bits per heavy atom. The van der Waals surface area contributed by atoms with Crippen molar-refractivity contribution in [2.75, 3.05) is 13.1 Å². The maximum absolute atomic E-state index is 6.63. The lowest BCUT2D eigenvalue weighted by molar-refractivity contribution is 0.438. The molecular weight excluding hydrogens is 249 g/mol. The van der Waals surface area contributed by atoms with Crippen LogP contribution < -0.4 is 5.30 Å². The van der Waals surface area contributed by atoms with Gasteiger partial charge in [-0.25, -0.2) is 0 Å². The number of unbranched alkanes of at least 4 members (excludes halogenated alkanes) is 2. The third-order valence-electron chi connectivity index (χ3n) is 2.76. The van der Waals surface area contributed by atoms with Crippen LogP contribution in [0.25, 0.3) is 0 Å². The van der Waals surface area contributed by atoms with E-state index < -0.39 is 7.43 Å². The van der Waals surface area contributed by atoms with Gasteiger partial charge in [0.25, 0.3) is 0 Å². The quantitative estimate of drug-likeness (QED) is 0.616. The zero-order chi connectivity index (χ0) is 12.5. The van der Waals surface area contributed by atoms with Crippen LogP contribution in [0.1, 0.15) is 39.5 Å². The first kappa shape index (κ1) is 15.0. The summed E-state index contributed by atoms with van der Waals surface area (Å²) in [7, 11) is -0.657. The molecule has 0 heterocycles. The minimum atomic E-state index is -0.657. The third kappa shape index (κ3) is 5.38. The molecule has 1 atom stereocenters. The Kier molecular flexibility index (Phi) is 7.84. The van der Waals surface area contributed by atoms with Gasteiger partial charge in [0.1, 0.15) is 0 Å². The van der Waals surface area contributed by atoms with Gasteiger partial charge >= 0.3 is 0 Å². The van der Waals surface area contributed by atoms with Gasteiger partial charge in [0.15, 0.2) is 0 Å². The summed E-state index contributed by atoms with van der Waals surface area (Å²) in [5.74, 6) is 0. The minimum Gasteiger partial charge on any atom is -0.266 e. The summed E-state index contributed by atoms with van der Waals surface area (Å²) < 4.78 is 2.46. The van der Waals surface area contributed by atoms with E-state index in [9.17, 15) is 0 Å². The van der Waals surface area contributed by atoms with E-state index in [0.717, 1.165) is 13.1 Å². The number of nitrogens with zero attached hydrogens (tertiary/aromatic N) is 1. The Labute approximate surface area is 112 Å². The van der Waals surface area contributed by atoms with E-state index in [1.165, 1.54) is 31.0 Å². The first-order valence-electron chi connectivity index (χ1n) is 6.55. The van der Waals surface area contributed by atoms with Crippen molar-refractivity contribution >= 4 is 24.0 Å². The summed E-state index contributed by atoms with van der Waals surface area (Å²) >= 11 is 6.63. The number of rotatable bonds is 8. The van der Waals surface area contributed by atoms with Crippen molar-refractivity contribution in [1.82, 2.24) is 4.67 Å². The van der Waals surface area contributed by atoms with Gasteiger partial charge in [-0.1, -0.05) is 68.3 Å². The maximum Gasteiger partial charge on any atom is 0.0945 e. The second-order valence-electron chi connectivity index (χ2n) is 4.26. The zero-order valence-electron chi connectivity index (χ0n) is 10.9. The predicted octanol–water partition coefficient (Wildman–Crippen LogP) is 4.76. The molecule has 17 heavy (non-hydrogen) atoms. The summed E-state index contributed by atoms with van der Waals surface area (Å²) in [6.07, 6.45) is 4.94. The average molecular weight is 272 g/mol. The molecule has 0 bridgehead atoms. The van der Waals surface area contributed by atoms with E-state index in [1.54, 1.807) is 0 Å². The van der Waals surface area contributed by atoms with E-state index in [2.05, 4.69) is 42.8 Å². The number of hydrogen-bond acceptors (Lipinski definition) is 1. The fourth-order valence-electron chi connectivity index (χ4n) is 1.68. The molecule has 1 rings (SSSR count). The second kappa shape index (κ2) is 8.91. The number of benzene rings is 1. The van der Waals surface area contributed by atoms with Gasteiger partial charge in [-0.3, -0.25) is 4.67 Å². The van der Waals surface area contributed by atoms with Crippen LogP contribution >= 0.6 is 18.7 Å². The smallest absolute Gasteiger partial charge is 0.0945 e. The average Bonchev–Trinajstić information content (AvgIpc) is 2.39. The molecule has 96 valence electrons. The van der Waals surface area contributed by atoms with E-state index in [1.807, 2.05) is 6.07 Å². The van der Waals surface area contributed by atoms with Gasteiger partial charge < -0.3 is 0 Å². The molecule has 1 unspecified atom stereocenters. The Balaban J connectivity index is 2.61. The van der Waals surface area contributed by atoms with Crippen molar-refractivity contribution < 1.29 is 0 Å². The Morgan fingerprint density at radius 3 is 2.00 bits per heavy atom. The molecule has 0 fully saturated rings. The highest BCUT2D eigenvalue weighted by Crippen LogP contribution is 2.44. The summed E-state index contributed by atoms with van der Waals surface area (Å²) in [4.78, 5) is 0. The van der Waals surface area contributed by atoms with Gasteiger partial charge in [-0.15, -0.1) is 0 Å². The van der Waals surface area contributed by atoms with Crippen LogP contribution in [-0.2, 0) is 0 Å². The van der Waals surface area contributed by atoms with Crippen LogP contribution in [0.3, 0.4) is 0 Å². The predicted molar refractivity (Wildman–Crippen MR) is 80.2 cm³/mol. The van der Waals surface area contributed by atoms with E-state index >= 15 is 0 Å². The molecule has 0 aliphatic rings. The van der Waals surface area contributed by atoms with Crippen molar-refractivity contribution in [2.24, 2.45) is 0 Å². The topological polar surface area (TPSA) is 3.24 Å². The summed E-state index contributed by atoms with van der Waals surface area (Å²) in [6.45, 7) is 6.72. The van der Waals surface area contributed by atoms with Crippen LogP contribution in [-0.4, -0.2) is 17.8 Å².